The summed E-state index contributed by atoms with van der Waals surface area (Å²) < 4.78 is 2.00. The van der Waals surface area contributed by atoms with E-state index in [1.54, 1.807) is 30.3 Å². The van der Waals surface area contributed by atoms with Gasteiger partial charge in [0.1, 0.15) is 5.69 Å². The molecule has 0 aliphatic heterocycles. The van der Waals surface area contributed by atoms with Crippen LogP contribution in [0.25, 0.3) is 10.9 Å². The fourth-order valence-corrected chi connectivity index (χ4v) is 3.54. The summed E-state index contributed by atoms with van der Waals surface area (Å²) in [5, 5.41) is 6.77. The molecule has 0 saturated heterocycles. The predicted octanol–water partition coefficient (Wildman–Crippen LogP) is 5.47. The highest BCUT2D eigenvalue weighted by Crippen LogP contribution is 2.30. The summed E-state index contributed by atoms with van der Waals surface area (Å²) in [7, 11) is 0. The van der Waals surface area contributed by atoms with Gasteiger partial charge >= 0.3 is 0 Å². The van der Waals surface area contributed by atoms with E-state index < -0.39 is 0 Å². The van der Waals surface area contributed by atoms with E-state index in [1.165, 1.54) is 12.5 Å². The van der Waals surface area contributed by atoms with Crippen molar-refractivity contribution in [1.29, 1.82) is 0 Å². The number of aryl methyl sites for hydroxylation is 1. The Morgan fingerprint density at radius 2 is 1.69 bits per heavy atom. The number of nitrogens with one attached hydrogen (secondary N) is 2. The maximum Gasteiger partial charge on any atom is 0.272 e. The van der Waals surface area contributed by atoms with Gasteiger partial charge in [-0.2, -0.15) is 0 Å². The Hall–Kier alpha value is -3.34. The molecule has 150 valence electrons. The van der Waals surface area contributed by atoms with Crippen LogP contribution in [0.1, 0.15) is 48.3 Å². The maximum absolute atomic E-state index is 13.1. The summed E-state index contributed by atoms with van der Waals surface area (Å²) in [6, 6.07) is 13.4. The largest absolute Gasteiger partial charge is 0.332 e. The molecule has 1 heterocycles. The summed E-state index contributed by atoms with van der Waals surface area (Å²) in [6.07, 6.45) is 1.80. The van der Waals surface area contributed by atoms with Gasteiger partial charge in [-0.1, -0.05) is 26.0 Å². The summed E-state index contributed by atoms with van der Waals surface area (Å²) in [5.74, 6) is 0.118. The Labute approximate surface area is 171 Å². The van der Waals surface area contributed by atoms with E-state index in [2.05, 4.69) is 49.3 Å². The molecular formula is C24H27N3O2. The first-order valence-corrected chi connectivity index (χ1v) is 9.74. The van der Waals surface area contributed by atoms with Crippen molar-refractivity contribution >= 4 is 34.1 Å². The van der Waals surface area contributed by atoms with E-state index in [1.807, 2.05) is 11.5 Å². The number of aromatic nitrogens is 1. The van der Waals surface area contributed by atoms with Gasteiger partial charge in [-0.05, 0) is 60.4 Å². The monoisotopic (exact) mass is 389 g/mol. The van der Waals surface area contributed by atoms with Crippen LogP contribution in [0.3, 0.4) is 0 Å². The number of amides is 2. The van der Waals surface area contributed by atoms with Crippen molar-refractivity contribution in [1.82, 2.24) is 4.57 Å². The van der Waals surface area contributed by atoms with Crippen LogP contribution in [0.15, 0.2) is 55.1 Å². The van der Waals surface area contributed by atoms with Gasteiger partial charge in [0.2, 0.25) is 5.91 Å². The molecule has 0 atom stereocenters. The number of fused-ring (bicyclic) bond motifs is 1. The lowest BCUT2D eigenvalue weighted by molar-refractivity contribution is -0.114. The van der Waals surface area contributed by atoms with Crippen molar-refractivity contribution in [3.8, 4) is 0 Å². The number of carbonyl (C=O) groups excluding carboxylic acids is 2. The number of hydrogen-bond donors (Lipinski definition) is 2. The smallest absolute Gasteiger partial charge is 0.272 e. The molecule has 0 aliphatic rings. The molecule has 5 nitrogen and oxygen atoms in total. The molecule has 0 fully saturated rings. The van der Waals surface area contributed by atoms with Crippen molar-refractivity contribution in [2.24, 2.45) is 0 Å². The average molecular weight is 389 g/mol. The number of allylic oxidation sites excluding steroid dienone is 1. The third kappa shape index (κ3) is 4.24. The highest BCUT2D eigenvalue weighted by molar-refractivity contribution is 6.08. The van der Waals surface area contributed by atoms with E-state index in [-0.39, 0.29) is 11.8 Å². The fourth-order valence-electron chi connectivity index (χ4n) is 3.54. The summed E-state index contributed by atoms with van der Waals surface area (Å²) in [6.45, 7) is 12.2. The van der Waals surface area contributed by atoms with Gasteiger partial charge in [0, 0.05) is 35.7 Å². The molecule has 0 saturated carbocycles. The number of rotatable bonds is 6. The van der Waals surface area contributed by atoms with Crippen molar-refractivity contribution < 1.29 is 9.59 Å². The third-order valence-corrected chi connectivity index (χ3v) is 5.00. The molecule has 0 radical (unpaired) electrons. The standard InChI is InChI=1S/C24H27N3O2/c1-6-13-27-22-12-7-18(15(2)3)14-21(22)16(4)23(27)24(29)26-20-10-8-19(9-11-20)25-17(5)28/h6-12,14-15H,1,13H2,2-5H3,(H,25,28)(H,26,29). The average Bonchev–Trinajstić information content (AvgIpc) is 2.95. The van der Waals surface area contributed by atoms with Gasteiger partial charge in [-0.3, -0.25) is 9.59 Å². The van der Waals surface area contributed by atoms with Gasteiger partial charge < -0.3 is 15.2 Å². The number of nitrogens with zero attached hydrogens (tertiary/aromatic N) is 1. The van der Waals surface area contributed by atoms with Gasteiger partial charge in [0.15, 0.2) is 0 Å². The molecule has 0 spiro atoms. The minimum atomic E-state index is -0.168. The first-order valence-electron chi connectivity index (χ1n) is 9.74. The Kier molecular flexibility index (Phi) is 5.87. The molecule has 1 aromatic heterocycles. The zero-order chi connectivity index (χ0) is 21.1. The highest BCUT2D eigenvalue weighted by atomic mass is 16.2. The molecule has 2 amide bonds. The Bertz CT molecular complexity index is 1080. The predicted molar refractivity (Wildman–Crippen MR) is 120 cm³/mol. The molecule has 3 rings (SSSR count). The van der Waals surface area contributed by atoms with Crippen LogP contribution in [-0.4, -0.2) is 16.4 Å². The molecule has 3 aromatic rings. The van der Waals surface area contributed by atoms with Gasteiger partial charge in [0.05, 0.1) is 0 Å². The van der Waals surface area contributed by atoms with Crippen LogP contribution >= 0.6 is 0 Å². The molecule has 2 aromatic carbocycles. The van der Waals surface area contributed by atoms with Crippen molar-refractivity contribution in [2.75, 3.05) is 10.6 Å². The van der Waals surface area contributed by atoms with Crippen LogP contribution < -0.4 is 10.6 Å². The number of hydrogen-bond acceptors (Lipinski definition) is 2. The molecule has 29 heavy (non-hydrogen) atoms. The van der Waals surface area contributed by atoms with Crippen molar-refractivity contribution in [2.45, 2.75) is 40.2 Å². The molecular weight excluding hydrogens is 362 g/mol. The second-order valence-electron chi connectivity index (χ2n) is 7.52. The summed E-state index contributed by atoms with van der Waals surface area (Å²) in [5.41, 5.74) is 5.22. The number of anilines is 2. The molecule has 0 aliphatic carbocycles. The first-order chi connectivity index (χ1) is 13.8. The topological polar surface area (TPSA) is 63.1 Å². The lowest BCUT2D eigenvalue weighted by Crippen LogP contribution is -2.18. The maximum atomic E-state index is 13.1. The molecule has 2 N–H and O–H groups in total. The molecule has 0 bridgehead atoms. The Morgan fingerprint density at radius 3 is 2.24 bits per heavy atom. The van der Waals surface area contributed by atoms with Crippen LogP contribution in [0.4, 0.5) is 11.4 Å². The zero-order valence-corrected chi connectivity index (χ0v) is 17.4. The van der Waals surface area contributed by atoms with Crippen molar-refractivity contribution in [3.05, 3.63) is 71.9 Å². The van der Waals surface area contributed by atoms with Gasteiger partial charge in [0.25, 0.3) is 5.91 Å². The van der Waals surface area contributed by atoms with E-state index in [0.29, 0.717) is 29.5 Å². The van der Waals surface area contributed by atoms with Crippen LogP contribution in [0.2, 0.25) is 0 Å². The molecule has 0 unspecified atom stereocenters. The summed E-state index contributed by atoms with van der Waals surface area (Å²) in [4.78, 5) is 24.3. The molecule has 5 heteroatoms. The lowest BCUT2D eigenvalue weighted by atomic mass is 10.0. The number of benzene rings is 2. The van der Waals surface area contributed by atoms with Crippen LogP contribution in [0.5, 0.6) is 0 Å². The first kappa shape index (κ1) is 20.4. The summed E-state index contributed by atoms with van der Waals surface area (Å²) >= 11 is 0. The van der Waals surface area contributed by atoms with E-state index >= 15 is 0 Å². The van der Waals surface area contributed by atoms with Crippen molar-refractivity contribution in [3.63, 3.8) is 0 Å². The van der Waals surface area contributed by atoms with Crippen LogP contribution in [0, 0.1) is 6.92 Å². The Balaban J connectivity index is 1.97. The van der Waals surface area contributed by atoms with E-state index in [9.17, 15) is 9.59 Å². The Morgan fingerprint density at radius 1 is 1.07 bits per heavy atom. The van der Waals surface area contributed by atoms with Crippen LogP contribution in [-0.2, 0) is 11.3 Å². The highest BCUT2D eigenvalue weighted by Gasteiger charge is 2.20. The SMILES string of the molecule is C=CCn1c(C(=O)Nc2ccc(NC(C)=O)cc2)c(C)c2cc(C(C)C)ccc21. The fraction of sp³-hybridized carbons (Fsp3) is 0.250. The van der Waals surface area contributed by atoms with Gasteiger partial charge in [-0.25, -0.2) is 0 Å². The van der Waals surface area contributed by atoms with Gasteiger partial charge in [-0.15, -0.1) is 6.58 Å². The minimum absolute atomic E-state index is 0.132. The van der Waals surface area contributed by atoms with E-state index in [4.69, 9.17) is 0 Å². The zero-order valence-electron chi connectivity index (χ0n) is 17.4. The minimum Gasteiger partial charge on any atom is -0.332 e. The number of carbonyl (C=O) groups is 2. The third-order valence-electron chi connectivity index (χ3n) is 5.00. The second kappa shape index (κ2) is 8.35. The quantitative estimate of drug-likeness (QED) is 0.549. The normalized spacial score (nSPS) is 10.9. The second-order valence-corrected chi connectivity index (χ2v) is 7.52. The van der Waals surface area contributed by atoms with E-state index in [0.717, 1.165) is 16.5 Å². The lowest BCUT2D eigenvalue weighted by Gasteiger charge is -2.11.